The van der Waals surface area contributed by atoms with Gasteiger partial charge in [-0.3, -0.25) is 0 Å². The van der Waals surface area contributed by atoms with Crippen LogP contribution in [0.25, 0.3) is 0 Å². The Balaban J connectivity index is 2.78. The van der Waals surface area contributed by atoms with Crippen molar-refractivity contribution in [3.05, 3.63) is 16.5 Å². The minimum Gasteiger partial charge on any atom is -0.380 e. The minimum atomic E-state index is 0.688. The van der Waals surface area contributed by atoms with E-state index >= 15 is 0 Å². The summed E-state index contributed by atoms with van der Waals surface area (Å²) in [6, 6.07) is 1.96. The van der Waals surface area contributed by atoms with Crippen LogP contribution in [-0.4, -0.2) is 49.5 Å². The lowest BCUT2D eigenvalue weighted by Crippen LogP contribution is -2.32. The van der Waals surface area contributed by atoms with E-state index in [1.165, 1.54) is 0 Å². The van der Waals surface area contributed by atoms with Gasteiger partial charge in [-0.25, -0.2) is 9.97 Å². The minimum absolute atomic E-state index is 0.688. The van der Waals surface area contributed by atoms with Crippen molar-refractivity contribution in [3.8, 4) is 0 Å². The molecular formula is C15H26BrN3O2. The molecule has 0 aliphatic rings. The van der Waals surface area contributed by atoms with E-state index in [1.54, 1.807) is 0 Å². The molecule has 6 heteroatoms. The van der Waals surface area contributed by atoms with Crippen molar-refractivity contribution < 1.29 is 9.47 Å². The molecule has 1 aromatic heterocycles. The number of ether oxygens (including phenoxy) is 2. The fraction of sp³-hybridized carbons (Fsp3) is 0.733. The number of rotatable bonds is 11. The second-order valence-corrected chi connectivity index (χ2v) is 5.41. The van der Waals surface area contributed by atoms with Crippen LogP contribution in [0.4, 0.5) is 5.82 Å². The van der Waals surface area contributed by atoms with Gasteiger partial charge in [-0.05, 0) is 36.2 Å². The third kappa shape index (κ3) is 7.20. The van der Waals surface area contributed by atoms with Crippen LogP contribution in [-0.2, 0) is 15.9 Å². The second-order valence-electron chi connectivity index (χ2n) is 4.60. The maximum Gasteiger partial charge on any atom is 0.133 e. The maximum atomic E-state index is 5.46. The summed E-state index contributed by atoms with van der Waals surface area (Å²) in [5.74, 6) is 1.81. The van der Waals surface area contributed by atoms with Gasteiger partial charge in [-0.2, -0.15) is 0 Å². The van der Waals surface area contributed by atoms with Crippen LogP contribution in [0.5, 0.6) is 0 Å². The molecule has 1 aromatic rings. The molecule has 0 N–H and O–H groups in total. The Morgan fingerprint density at radius 3 is 2.19 bits per heavy atom. The van der Waals surface area contributed by atoms with E-state index in [4.69, 9.17) is 9.47 Å². The van der Waals surface area contributed by atoms with Crippen molar-refractivity contribution in [2.24, 2.45) is 0 Å². The number of hydrogen-bond donors (Lipinski definition) is 0. The monoisotopic (exact) mass is 359 g/mol. The summed E-state index contributed by atoms with van der Waals surface area (Å²) in [5.41, 5.74) is 0. The summed E-state index contributed by atoms with van der Waals surface area (Å²) in [7, 11) is 0. The smallest absolute Gasteiger partial charge is 0.133 e. The average Bonchev–Trinajstić information content (AvgIpc) is 2.46. The van der Waals surface area contributed by atoms with Gasteiger partial charge in [0.2, 0.25) is 0 Å². The molecular weight excluding hydrogens is 334 g/mol. The summed E-state index contributed by atoms with van der Waals surface area (Å²) in [6.45, 7) is 10.6. The summed E-state index contributed by atoms with van der Waals surface area (Å²) in [4.78, 5) is 11.3. The molecule has 120 valence electrons. The molecule has 0 spiro atoms. The van der Waals surface area contributed by atoms with Crippen LogP contribution in [0.2, 0.25) is 0 Å². The maximum absolute atomic E-state index is 5.46. The Morgan fingerprint density at radius 2 is 1.67 bits per heavy atom. The number of nitrogens with zero attached hydrogens (tertiary/aromatic N) is 3. The quantitative estimate of drug-likeness (QED) is 0.448. The van der Waals surface area contributed by atoms with E-state index in [2.05, 4.69) is 37.7 Å². The van der Waals surface area contributed by atoms with E-state index in [1.807, 2.05) is 19.9 Å². The first-order valence-corrected chi connectivity index (χ1v) is 8.44. The number of hydrogen-bond acceptors (Lipinski definition) is 5. The molecule has 1 heterocycles. The standard InChI is InChI=1S/C15H26BrN3O2/c1-4-7-14-17-13(16)12-15(18-14)19(8-10-20-5-2)9-11-21-6-3/h12H,4-11H2,1-3H3. The molecule has 5 nitrogen and oxygen atoms in total. The highest BCUT2D eigenvalue weighted by Gasteiger charge is 2.11. The van der Waals surface area contributed by atoms with E-state index < -0.39 is 0 Å². The largest absolute Gasteiger partial charge is 0.380 e. The zero-order valence-corrected chi connectivity index (χ0v) is 14.9. The molecule has 1 rings (SSSR count). The van der Waals surface area contributed by atoms with Crippen LogP contribution in [0.3, 0.4) is 0 Å². The van der Waals surface area contributed by atoms with Gasteiger partial charge in [0.1, 0.15) is 16.2 Å². The third-order valence-corrected chi connectivity index (χ3v) is 3.35. The Labute approximate surface area is 136 Å². The van der Waals surface area contributed by atoms with E-state index in [9.17, 15) is 0 Å². The summed E-state index contributed by atoms with van der Waals surface area (Å²) < 4.78 is 11.8. The number of aromatic nitrogens is 2. The highest BCUT2D eigenvalue weighted by molar-refractivity contribution is 9.10. The first-order valence-electron chi connectivity index (χ1n) is 7.65. The predicted molar refractivity (Wildman–Crippen MR) is 88.9 cm³/mol. The average molecular weight is 360 g/mol. The number of anilines is 1. The zero-order chi connectivity index (χ0) is 15.5. The molecule has 0 atom stereocenters. The van der Waals surface area contributed by atoms with E-state index in [0.717, 1.165) is 55.4 Å². The molecule has 21 heavy (non-hydrogen) atoms. The van der Waals surface area contributed by atoms with Crippen LogP contribution in [0.1, 0.15) is 33.0 Å². The van der Waals surface area contributed by atoms with Gasteiger partial charge < -0.3 is 14.4 Å². The molecule has 0 unspecified atom stereocenters. The van der Waals surface area contributed by atoms with Crippen molar-refractivity contribution in [2.45, 2.75) is 33.6 Å². The lowest BCUT2D eigenvalue weighted by atomic mass is 10.3. The first kappa shape index (κ1) is 18.3. The third-order valence-electron chi connectivity index (χ3n) is 2.94. The van der Waals surface area contributed by atoms with Crippen molar-refractivity contribution in [3.63, 3.8) is 0 Å². The van der Waals surface area contributed by atoms with Gasteiger partial charge in [0.05, 0.1) is 13.2 Å². The summed E-state index contributed by atoms with van der Waals surface area (Å²) >= 11 is 3.47. The molecule has 0 amide bonds. The van der Waals surface area contributed by atoms with Gasteiger partial charge in [-0.1, -0.05) is 6.92 Å². The number of aryl methyl sites for hydroxylation is 1. The Hall–Kier alpha value is -0.720. The molecule has 0 aliphatic heterocycles. The molecule has 0 saturated heterocycles. The summed E-state index contributed by atoms with van der Waals surface area (Å²) in [6.07, 6.45) is 1.92. The number of halogens is 1. The van der Waals surface area contributed by atoms with Crippen LogP contribution in [0.15, 0.2) is 10.7 Å². The van der Waals surface area contributed by atoms with Crippen LogP contribution < -0.4 is 4.90 Å². The topological polar surface area (TPSA) is 47.5 Å². The van der Waals surface area contributed by atoms with Crippen molar-refractivity contribution in [1.29, 1.82) is 0 Å². The van der Waals surface area contributed by atoms with Gasteiger partial charge in [0.15, 0.2) is 0 Å². The van der Waals surface area contributed by atoms with E-state index in [0.29, 0.717) is 13.2 Å². The summed E-state index contributed by atoms with van der Waals surface area (Å²) in [5, 5.41) is 0. The highest BCUT2D eigenvalue weighted by Crippen LogP contribution is 2.17. The fourth-order valence-electron chi connectivity index (χ4n) is 1.93. The van der Waals surface area contributed by atoms with Crippen LogP contribution in [0, 0.1) is 0 Å². The molecule has 0 aliphatic carbocycles. The van der Waals surface area contributed by atoms with Crippen molar-refractivity contribution in [2.75, 3.05) is 44.4 Å². The second kappa shape index (κ2) is 10.9. The molecule has 0 fully saturated rings. The Morgan fingerprint density at radius 1 is 1.05 bits per heavy atom. The Kier molecular flexibility index (Phi) is 9.54. The zero-order valence-electron chi connectivity index (χ0n) is 13.3. The van der Waals surface area contributed by atoms with Gasteiger partial charge >= 0.3 is 0 Å². The van der Waals surface area contributed by atoms with Crippen LogP contribution >= 0.6 is 15.9 Å². The van der Waals surface area contributed by atoms with Crippen molar-refractivity contribution in [1.82, 2.24) is 9.97 Å². The normalized spacial score (nSPS) is 10.9. The van der Waals surface area contributed by atoms with Gasteiger partial charge in [-0.15, -0.1) is 0 Å². The predicted octanol–water partition coefficient (Wildman–Crippen LogP) is 3.07. The SMILES string of the molecule is CCCc1nc(Br)cc(N(CCOCC)CCOCC)n1. The lowest BCUT2D eigenvalue weighted by molar-refractivity contribution is 0.141. The molecule has 0 saturated carbocycles. The fourth-order valence-corrected chi connectivity index (χ4v) is 2.34. The molecule has 0 aromatic carbocycles. The van der Waals surface area contributed by atoms with Gasteiger partial charge in [0.25, 0.3) is 0 Å². The van der Waals surface area contributed by atoms with Crippen molar-refractivity contribution >= 4 is 21.7 Å². The highest BCUT2D eigenvalue weighted by atomic mass is 79.9. The van der Waals surface area contributed by atoms with Gasteiger partial charge in [0, 0.05) is 38.8 Å². The lowest BCUT2D eigenvalue weighted by Gasteiger charge is -2.24. The molecule has 0 bridgehead atoms. The first-order chi connectivity index (χ1) is 10.2. The Bertz CT molecular complexity index is 395. The van der Waals surface area contributed by atoms with E-state index in [-0.39, 0.29) is 0 Å². The molecule has 0 radical (unpaired) electrons.